The molecule has 7 heteroatoms. The van der Waals surface area contributed by atoms with Gasteiger partial charge >= 0.3 is 6.09 Å². The van der Waals surface area contributed by atoms with E-state index in [4.69, 9.17) is 9.47 Å². The lowest BCUT2D eigenvalue weighted by molar-refractivity contribution is 0.168. The highest BCUT2D eigenvalue weighted by Gasteiger charge is 2.42. The fourth-order valence-electron chi connectivity index (χ4n) is 4.04. The van der Waals surface area contributed by atoms with Gasteiger partial charge in [-0.05, 0) is 55.0 Å². The molecule has 2 atom stereocenters. The zero-order chi connectivity index (χ0) is 21.1. The molecule has 0 bridgehead atoms. The second-order valence-electron chi connectivity index (χ2n) is 7.59. The maximum absolute atomic E-state index is 12.7. The monoisotopic (exact) mass is 409 g/mol. The number of nitrogens with zero attached hydrogens (tertiary/aromatic N) is 2. The zero-order valence-corrected chi connectivity index (χ0v) is 16.8. The molecule has 1 saturated carbocycles. The zero-order valence-electron chi connectivity index (χ0n) is 16.8. The third-order valence-electron chi connectivity index (χ3n) is 5.58. The number of halogens is 1. The minimum absolute atomic E-state index is 0.150. The van der Waals surface area contributed by atoms with Crippen LogP contribution in [0.4, 0.5) is 20.6 Å². The Morgan fingerprint density at radius 3 is 2.67 bits per heavy atom. The summed E-state index contributed by atoms with van der Waals surface area (Å²) in [4.78, 5) is 13.9. The summed E-state index contributed by atoms with van der Waals surface area (Å²) in [5, 5.41) is 12.7. The lowest BCUT2D eigenvalue weighted by Crippen LogP contribution is -2.28. The van der Waals surface area contributed by atoms with E-state index >= 15 is 0 Å². The van der Waals surface area contributed by atoms with Gasteiger partial charge in [0.2, 0.25) is 6.86 Å². The van der Waals surface area contributed by atoms with Crippen LogP contribution >= 0.6 is 0 Å². The summed E-state index contributed by atoms with van der Waals surface area (Å²) in [6, 6.07) is 15.2. The highest BCUT2D eigenvalue weighted by molar-refractivity contribution is 5.84. The number of nitriles is 1. The fraction of sp³-hybridized carbons (Fsp3) is 0.391. The van der Waals surface area contributed by atoms with Gasteiger partial charge in [0.05, 0.1) is 24.6 Å². The van der Waals surface area contributed by atoms with Crippen molar-refractivity contribution in [1.29, 1.82) is 5.26 Å². The molecule has 1 heterocycles. The molecule has 0 spiro atoms. The minimum Gasteiger partial charge on any atom is -0.463 e. The molecule has 0 saturated heterocycles. The Hall–Kier alpha value is -3.27. The molecule has 2 aromatic carbocycles. The van der Waals surface area contributed by atoms with Gasteiger partial charge < -0.3 is 14.4 Å². The molecule has 2 aromatic rings. The standard InChI is InChI=1S/C23H24FN3O3/c1-2-29-23(28)26-17-7-5-16(6-8-17)22-20(12-25)19-10-9-18(30-14-24)11-21(19)27(22)13-15-3-4-15/h5-11,15,20,22H,2-4,13-14H2,1H3,(H,26,28). The summed E-state index contributed by atoms with van der Waals surface area (Å²) in [6.45, 7) is 2.01. The van der Waals surface area contributed by atoms with E-state index in [2.05, 4.69) is 16.3 Å². The van der Waals surface area contributed by atoms with Crippen LogP contribution in [0.2, 0.25) is 0 Å². The van der Waals surface area contributed by atoms with Crippen molar-refractivity contribution in [1.82, 2.24) is 0 Å². The highest BCUT2D eigenvalue weighted by atomic mass is 19.1. The lowest BCUT2D eigenvalue weighted by Gasteiger charge is -2.29. The number of ether oxygens (including phenoxy) is 2. The maximum atomic E-state index is 12.7. The summed E-state index contributed by atoms with van der Waals surface area (Å²) in [5.74, 6) is 0.721. The number of carbonyl (C=O) groups excluding carboxylic acids is 1. The van der Waals surface area contributed by atoms with E-state index in [0.29, 0.717) is 24.0 Å². The molecular formula is C23H24FN3O3. The molecule has 0 aromatic heterocycles. The van der Waals surface area contributed by atoms with Gasteiger partial charge in [-0.2, -0.15) is 5.26 Å². The van der Waals surface area contributed by atoms with E-state index in [1.807, 2.05) is 36.4 Å². The van der Waals surface area contributed by atoms with E-state index in [-0.39, 0.29) is 12.0 Å². The largest absolute Gasteiger partial charge is 0.463 e. The smallest absolute Gasteiger partial charge is 0.411 e. The molecule has 1 aliphatic carbocycles. The number of fused-ring (bicyclic) bond motifs is 1. The van der Waals surface area contributed by atoms with Gasteiger partial charge in [-0.3, -0.25) is 5.32 Å². The molecule has 1 aliphatic heterocycles. The molecule has 156 valence electrons. The predicted octanol–water partition coefficient (Wildman–Crippen LogP) is 5.14. The van der Waals surface area contributed by atoms with Crippen LogP contribution in [-0.2, 0) is 4.74 Å². The average molecular weight is 409 g/mol. The van der Waals surface area contributed by atoms with Gasteiger partial charge in [-0.25, -0.2) is 9.18 Å². The number of benzene rings is 2. The number of alkyl halides is 1. The second-order valence-corrected chi connectivity index (χ2v) is 7.59. The first-order valence-electron chi connectivity index (χ1n) is 10.2. The van der Waals surface area contributed by atoms with Crippen molar-refractivity contribution in [2.24, 2.45) is 5.92 Å². The first-order chi connectivity index (χ1) is 14.6. The van der Waals surface area contributed by atoms with Gasteiger partial charge in [-0.1, -0.05) is 18.2 Å². The van der Waals surface area contributed by atoms with Crippen LogP contribution < -0.4 is 15.0 Å². The molecule has 4 rings (SSSR count). The van der Waals surface area contributed by atoms with Crippen molar-refractivity contribution in [2.75, 3.05) is 30.2 Å². The van der Waals surface area contributed by atoms with Gasteiger partial charge in [0.15, 0.2) is 0 Å². The van der Waals surface area contributed by atoms with E-state index in [1.165, 1.54) is 12.8 Å². The first kappa shape index (κ1) is 20.0. The number of carbonyl (C=O) groups is 1. The van der Waals surface area contributed by atoms with Gasteiger partial charge in [-0.15, -0.1) is 0 Å². The van der Waals surface area contributed by atoms with Crippen LogP contribution in [-0.4, -0.2) is 26.1 Å². The van der Waals surface area contributed by atoms with Gasteiger partial charge in [0.25, 0.3) is 0 Å². The predicted molar refractivity (Wildman–Crippen MR) is 111 cm³/mol. The van der Waals surface area contributed by atoms with Gasteiger partial charge in [0, 0.05) is 24.0 Å². The number of hydrogen-bond acceptors (Lipinski definition) is 5. The quantitative estimate of drug-likeness (QED) is 0.685. The van der Waals surface area contributed by atoms with Crippen LogP contribution in [0.1, 0.15) is 42.9 Å². The Balaban J connectivity index is 1.65. The topological polar surface area (TPSA) is 74.6 Å². The third-order valence-corrected chi connectivity index (χ3v) is 5.58. The van der Waals surface area contributed by atoms with Crippen molar-refractivity contribution in [3.63, 3.8) is 0 Å². The minimum atomic E-state index is -0.887. The Morgan fingerprint density at radius 2 is 2.03 bits per heavy atom. The maximum Gasteiger partial charge on any atom is 0.411 e. The molecule has 1 fully saturated rings. The van der Waals surface area contributed by atoms with E-state index in [1.54, 1.807) is 13.0 Å². The fourth-order valence-corrected chi connectivity index (χ4v) is 4.04. The first-order valence-corrected chi connectivity index (χ1v) is 10.2. The Labute approximate surface area is 175 Å². The summed E-state index contributed by atoms with van der Waals surface area (Å²) >= 11 is 0. The van der Waals surface area contributed by atoms with Crippen molar-refractivity contribution in [3.8, 4) is 11.8 Å². The number of rotatable bonds is 7. The van der Waals surface area contributed by atoms with Crippen LogP contribution in [0.15, 0.2) is 42.5 Å². The van der Waals surface area contributed by atoms with Crippen LogP contribution in [0.5, 0.6) is 5.75 Å². The van der Waals surface area contributed by atoms with Crippen molar-refractivity contribution < 1.29 is 18.7 Å². The molecule has 6 nitrogen and oxygen atoms in total. The number of anilines is 2. The van der Waals surface area contributed by atoms with E-state index < -0.39 is 13.0 Å². The normalized spacial score (nSPS) is 19.7. The molecule has 1 amide bonds. The second kappa shape index (κ2) is 8.62. The Bertz CT molecular complexity index is 953. The molecule has 0 radical (unpaired) electrons. The summed E-state index contributed by atoms with van der Waals surface area (Å²) in [6.07, 6.45) is 1.86. The van der Waals surface area contributed by atoms with Crippen molar-refractivity contribution in [2.45, 2.75) is 31.7 Å². The Kier molecular flexibility index (Phi) is 5.75. The lowest BCUT2D eigenvalue weighted by atomic mass is 9.91. The molecule has 30 heavy (non-hydrogen) atoms. The third kappa shape index (κ3) is 4.04. The number of amides is 1. The highest BCUT2D eigenvalue weighted by Crippen LogP contribution is 2.51. The summed E-state index contributed by atoms with van der Waals surface area (Å²) in [7, 11) is 0. The van der Waals surface area contributed by atoms with Gasteiger partial charge in [0.1, 0.15) is 5.75 Å². The van der Waals surface area contributed by atoms with Crippen molar-refractivity contribution in [3.05, 3.63) is 53.6 Å². The molecular weight excluding hydrogens is 385 g/mol. The molecule has 2 unspecified atom stereocenters. The number of hydrogen-bond donors (Lipinski definition) is 1. The van der Waals surface area contributed by atoms with Crippen molar-refractivity contribution >= 4 is 17.5 Å². The summed E-state index contributed by atoms with van der Waals surface area (Å²) in [5.41, 5.74) is 3.48. The van der Waals surface area contributed by atoms with E-state index in [9.17, 15) is 14.4 Å². The number of nitrogens with one attached hydrogen (secondary N) is 1. The molecule has 1 N–H and O–H groups in total. The van der Waals surface area contributed by atoms with Crippen LogP contribution in [0.25, 0.3) is 0 Å². The van der Waals surface area contributed by atoms with Crippen LogP contribution in [0, 0.1) is 17.2 Å². The Morgan fingerprint density at radius 1 is 1.27 bits per heavy atom. The SMILES string of the molecule is CCOC(=O)Nc1ccc(C2C(C#N)c3ccc(OCF)cc3N2CC2CC2)cc1. The van der Waals surface area contributed by atoms with Crippen LogP contribution in [0.3, 0.4) is 0 Å². The molecule has 2 aliphatic rings. The van der Waals surface area contributed by atoms with E-state index in [0.717, 1.165) is 23.4 Å². The average Bonchev–Trinajstić information content (AvgIpc) is 3.51. The summed E-state index contributed by atoms with van der Waals surface area (Å²) < 4.78 is 22.6.